The monoisotopic (exact) mass is 872 g/mol. The van der Waals surface area contributed by atoms with E-state index in [0.29, 0.717) is 0 Å². The van der Waals surface area contributed by atoms with Crippen LogP contribution in [0.15, 0.2) is 133 Å². The molecule has 0 saturated heterocycles. The molecule has 11 aromatic rings. The van der Waals surface area contributed by atoms with Crippen molar-refractivity contribution >= 4 is 89.8 Å². The first-order valence-electron chi connectivity index (χ1n) is 24.1. The Kier molecular flexibility index (Phi) is 7.37. The lowest BCUT2D eigenvalue weighted by Crippen LogP contribution is -2.62. The number of rotatable bonds is 2. The Labute approximate surface area is 396 Å². The number of fused-ring (bicyclic) bond motifs is 14. The van der Waals surface area contributed by atoms with E-state index in [1.165, 1.54) is 143 Å². The van der Waals surface area contributed by atoms with E-state index in [4.69, 9.17) is 9.47 Å². The maximum Gasteiger partial charge on any atom is 0.256 e. The van der Waals surface area contributed by atoms with E-state index in [1.54, 1.807) is 0 Å². The maximum atomic E-state index is 7.37. The van der Waals surface area contributed by atoms with Gasteiger partial charge < -0.3 is 18.6 Å². The third-order valence-electron chi connectivity index (χ3n) is 15.9. The Bertz CT molecular complexity index is 3940. The summed E-state index contributed by atoms with van der Waals surface area (Å²) in [5, 5.41) is 5.17. The van der Waals surface area contributed by atoms with Crippen LogP contribution in [-0.4, -0.2) is 22.6 Å². The highest BCUT2D eigenvalue weighted by Gasteiger charge is 2.46. The molecule has 2 aromatic heterocycles. The molecule has 9 aromatic carbocycles. The van der Waals surface area contributed by atoms with Gasteiger partial charge in [-0.05, 0) is 182 Å². The van der Waals surface area contributed by atoms with Crippen molar-refractivity contribution in [3.63, 3.8) is 0 Å². The molecule has 15 rings (SSSR count). The zero-order chi connectivity index (χ0) is 45.8. The second kappa shape index (κ2) is 13.0. The molecule has 0 radical (unpaired) electrons. The zero-order valence-electron chi connectivity index (χ0n) is 39.6. The van der Waals surface area contributed by atoms with Gasteiger partial charge in [0.2, 0.25) is 0 Å². The number of ether oxygens (including phenoxy) is 2. The molecule has 0 saturated carbocycles. The standard InChI is InChI=1S/C62H46B2N2O2/c1-31-9-13-37(7)41(17-31)39-25-53-59-57(27-39)67-55-30-56-48(29-47(55)63(59)49-23-35(5)21-45-43-19-33(3)11-15-51(43)65(53)61(45)49)64-50-24-36(6)22-46-44-20-34(4)12-16-52(44)66(62(46)50)54-26-40(28-58(68-56)60(54)64)42-18-32(2)10-14-38(42)8/h9-30H,1-8H3. The Morgan fingerprint density at radius 1 is 0.338 bits per heavy atom. The Morgan fingerprint density at radius 2 is 0.750 bits per heavy atom. The van der Waals surface area contributed by atoms with Gasteiger partial charge in [-0.25, -0.2) is 0 Å². The molecule has 4 nitrogen and oxygen atoms in total. The number of nitrogens with zero attached hydrogens (tertiary/aromatic N) is 2. The molecule has 0 atom stereocenters. The van der Waals surface area contributed by atoms with Crippen LogP contribution in [0.3, 0.4) is 0 Å². The SMILES string of the molecule is Cc1ccc(C)c(-c2cc3c4c(c2)-n2c5ccc(C)cc5c5cc(C)cc(c52)B4c2cc4c(cc2O3)Oc2cc(-c3cc(C)ccc3C)cc3c2B4c2cc(C)cc4c5cc(C)ccc5n-3c24)c1. The first kappa shape index (κ1) is 38.4. The average molecular weight is 873 g/mol. The van der Waals surface area contributed by atoms with Crippen LogP contribution in [0.2, 0.25) is 0 Å². The highest BCUT2D eigenvalue weighted by molar-refractivity contribution is 7.02. The normalized spacial score (nSPS) is 13.5. The van der Waals surface area contributed by atoms with Crippen molar-refractivity contribution in [1.82, 2.24) is 9.13 Å². The van der Waals surface area contributed by atoms with Crippen molar-refractivity contribution in [2.45, 2.75) is 55.4 Å². The fourth-order valence-electron chi connectivity index (χ4n) is 13.0. The van der Waals surface area contributed by atoms with Crippen molar-refractivity contribution < 1.29 is 9.47 Å². The summed E-state index contributed by atoms with van der Waals surface area (Å²) >= 11 is 0. The molecule has 0 bridgehead atoms. The molecule has 4 aliphatic heterocycles. The van der Waals surface area contributed by atoms with E-state index in [2.05, 4.69) is 198 Å². The van der Waals surface area contributed by atoms with E-state index < -0.39 is 0 Å². The summed E-state index contributed by atoms with van der Waals surface area (Å²) < 4.78 is 19.8. The van der Waals surface area contributed by atoms with Crippen molar-refractivity contribution in [3.05, 3.63) is 178 Å². The molecule has 0 N–H and O–H groups in total. The molecule has 68 heavy (non-hydrogen) atoms. The lowest BCUT2D eigenvalue weighted by atomic mass is 9.31. The van der Waals surface area contributed by atoms with Crippen LogP contribution in [0.25, 0.3) is 77.2 Å². The van der Waals surface area contributed by atoms with Gasteiger partial charge in [0.15, 0.2) is 0 Å². The number of hydrogen-bond acceptors (Lipinski definition) is 2. The summed E-state index contributed by atoms with van der Waals surface area (Å²) in [4.78, 5) is 0. The molecule has 0 amide bonds. The molecule has 4 aliphatic rings. The second-order valence-electron chi connectivity index (χ2n) is 20.7. The molecule has 6 heteroatoms. The van der Waals surface area contributed by atoms with Crippen LogP contribution in [-0.2, 0) is 0 Å². The summed E-state index contributed by atoms with van der Waals surface area (Å²) in [6.45, 7) is 17.6. The Hall–Kier alpha value is -7.69. The fourth-order valence-corrected chi connectivity index (χ4v) is 13.0. The predicted octanol–water partition coefficient (Wildman–Crippen LogP) is 11.6. The summed E-state index contributed by atoms with van der Waals surface area (Å²) in [5.41, 5.74) is 29.6. The number of aryl methyl sites for hydroxylation is 8. The molecule has 0 spiro atoms. The molecule has 0 unspecified atom stereocenters. The molecule has 6 heterocycles. The van der Waals surface area contributed by atoms with Crippen LogP contribution in [0.5, 0.6) is 23.0 Å². The van der Waals surface area contributed by atoms with E-state index in [9.17, 15) is 0 Å². The smallest absolute Gasteiger partial charge is 0.256 e. The number of hydrogen-bond donors (Lipinski definition) is 0. The van der Waals surface area contributed by atoms with Crippen molar-refractivity contribution in [2.24, 2.45) is 0 Å². The minimum atomic E-state index is -0.0647. The number of aromatic nitrogens is 2. The Morgan fingerprint density at radius 3 is 1.21 bits per heavy atom. The minimum Gasteiger partial charge on any atom is -0.458 e. The summed E-state index contributed by atoms with van der Waals surface area (Å²) in [7, 11) is 0. The van der Waals surface area contributed by atoms with Crippen LogP contribution in [0, 0.1) is 55.4 Å². The molecule has 322 valence electrons. The van der Waals surface area contributed by atoms with Crippen LogP contribution < -0.4 is 42.3 Å². The van der Waals surface area contributed by atoms with Gasteiger partial charge in [0.25, 0.3) is 13.4 Å². The highest BCUT2D eigenvalue weighted by Crippen LogP contribution is 2.45. The van der Waals surface area contributed by atoms with Crippen molar-refractivity contribution in [2.75, 3.05) is 0 Å². The van der Waals surface area contributed by atoms with E-state index in [1.807, 2.05) is 0 Å². The van der Waals surface area contributed by atoms with E-state index in [-0.39, 0.29) is 13.4 Å². The lowest BCUT2D eigenvalue weighted by Gasteiger charge is -2.37. The fraction of sp³-hybridized carbons (Fsp3) is 0.129. The van der Waals surface area contributed by atoms with Gasteiger partial charge in [-0.2, -0.15) is 0 Å². The summed E-state index contributed by atoms with van der Waals surface area (Å²) in [5.74, 6) is 3.51. The van der Waals surface area contributed by atoms with Gasteiger partial charge in [0.05, 0.1) is 11.0 Å². The van der Waals surface area contributed by atoms with Gasteiger partial charge in [-0.1, -0.05) is 100 Å². The maximum absolute atomic E-state index is 7.37. The van der Waals surface area contributed by atoms with Crippen molar-refractivity contribution in [1.29, 1.82) is 0 Å². The van der Waals surface area contributed by atoms with Crippen LogP contribution in [0.1, 0.15) is 44.5 Å². The highest BCUT2D eigenvalue weighted by atomic mass is 16.5. The van der Waals surface area contributed by atoms with Crippen LogP contribution in [0.4, 0.5) is 0 Å². The molecule has 0 fully saturated rings. The summed E-state index contributed by atoms with van der Waals surface area (Å²) in [6.07, 6.45) is 0. The van der Waals surface area contributed by atoms with Gasteiger partial charge in [0.1, 0.15) is 23.0 Å². The van der Waals surface area contributed by atoms with Gasteiger partial charge in [0, 0.05) is 50.0 Å². The van der Waals surface area contributed by atoms with Gasteiger partial charge >= 0.3 is 0 Å². The molecular weight excluding hydrogens is 826 g/mol. The number of benzene rings is 9. The largest absolute Gasteiger partial charge is 0.458 e. The van der Waals surface area contributed by atoms with Crippen LogP contribution >= 0.6 is 0 Å². The van der Waals surface area contributed by atoms with E-state index in [0.717, 1.165) is 34.1 Å². The third kappa shape index (κ3) is 4.97. The topological polar surface area (TPSA) is 28.3 Å². The first-order chi connectivity index (χ1) is 32.9. The Balaban J connectivity index is 1.04. The predicted molar refractivity (Wildman–Crippen MR) is 286 cm³/mol. The zero-order valence-corrected chi connectivity index (χ0v) is 39.6. The first-order valence-corrected chi connectivity index (χ1v) is 24.1. The molecule has 0 aliphatic carbocycles. The lowest BCUT2D eigenvalue weighted by molar-refractivity contribution is 0.465. The molecular formula is C62H46B2N2O2. The minimum absolute atomic E-state index is 0.0647. The summed E-state index contributed by atoms with van der Waals surface area (Å²) in [6, 6.07) is 51.3. The second-order valence-corrected chi connectivity index (χ2v) is 20.7. The van der Waals surface area contributed by atoms with Crippen molar-refractivity contribution in [3.8, 4) is 56.6 Å². The van der Waals surface area contributed by atoms with E-state index >= 15 is 0 Å². The van der Waals surface area contributed by atoms with Gasteiger partial charge in [-0.15, -0.1) is 0 Å². The quantitative estimate of drug-likeness (QED) is 0.162. The third-order valence-corrected chi connectivity index (χ3v) is 15.9. The van der Waals surface area contributed by atoms with Gasteiger partial charge in [-0.3, -0.25) is 0 Å². The average Bonchev–Trinajstić information content (AvgIpc) is 3.81.